The van der Waals surface area contributed by atoms with Crippen molar-refractivity contribution in [2.75, 3.05) is 10.1 Å². The Morgan fingerprint density at radius 3 is 1.40 bits per heavy atom. The number of nitrogens with zero attached hydrogens (tertiary/aromatic N) is 2. The Hall–Kier alpha value is -2.96. The summed E-state index contributed by atoms with van der Waals surface area (Å²) in [5.74, 6) is 0.405. The number of rotatable bonds is 3. The second-order valence-corrected chi connectivity index (χ2v) is 9.10. The minimum absolute atomic E-state index is 0.202. The van der Waals surface area contributed by atoms with E-state index in [0.717, 1.165) is 33.6 Å². The molecule has 0 saturated heterocycles. The molecule has 0 aliphatic carbocycles. The topological polar surface area (TPSA) is 65.4 Å². The Kier molecular flexibility index (Phi) is 4.60. The van der Waals surface area contributed by atoms with Gasteiger partial charge in [0.05, 0.1) is 22.5 Å². The van der Waals surface area contributed by atoms with E-state index in [4.69, 9.17) is 9.98 Å². The molecule has 158 valence electrons. The maximum Gasteiger partial charge on any atom is 0.116 e. The molecule has 2 aromatic rings. The van der Waals surface area contributed by atoms with Crippen molar-refractivity contribution in [3.8, 4) is 11.5 Å². The SMILES string of the molecule is CC1=CC(C)(C)N(OON2c3ccc(O)cc3C(C)=CC2(C)C)c2ccc(O)cc21. The fraction of sp³-hybridized carbons (Fsp3) is 0.333. The summed E-state index contributed by atoms with van der Waals surface area (Å²) in [5, 5.41) is 23.3. The third-order valence-electron chi connectivity index (χ3n) is 5.62. The van der Waals surface area contributed by atoms with Gasteiger partial charge in [-0.3, -0.25) is 0 Å². The minimum atomic E-state index is -0.475. The molecular formula is C24H28N2O4. The third-order valence-corrected chi connectivity index (χ3v) is 5.62. The van der Waals surface area contributed by atoms with Crippen LogP contribution in [0.3, 0.4) is 0 Å². The number of hydrogen-bond donors (Lipinski definition) is 2. The van der Waals surface area contributed by atoms with Crippen LogP contribution in [0.15, 0.2) is 48.6 Å². The highest BCUT2D eigenvalue weighted by Crippen LogP contribution is 2.43. The summed E-state index contributed by atoms with van der Waals surface area (Å²) < 4.78 is 0. The molecule has 0 saturated carbocycles. The minimum Gasteiger partial charge on any atom is -0.508 e. The van der Waals surface area contributed by atoms with Crippen LogP contribution < -0.4 is 10.1 Å². The van der Waals surface area contributed by atoms with Crippen molar-refractivity contribution in [1.82, 2.24) is 0 Å². The van der Waals surface area contributed by atoms with Gasteiger partial charge in [0.15, 0.2) is 0 Å². The third kappa shape index (κ3) is 3.32. The van der Waals surface area contributed by atoms with E-state index in [9.17, 15) is 10.2 Å². The predicted octanol–water partition coefficient (Wildman–Crippen LogP) is 5.58. The lowest BCUT2D eigenvalue weighted by molar-refractivity contribution is -0.328. The number of fused-ring (bicyclic) bond motifs is 2. The Balaban J connectivity index is 1.69. The highest BCUT2D eigenvalue weighted by Gasteiger charge is 2.38. The van der Waals surface area contributed by atoms with E-state index >= 15 is 0 Å². The van der Waals surface area contributed by atoms with Gasteiger partial charge in [-0.05, 0) is 89.1 Å². The summed E-state index contributed by atoms with van der Waals surface area (Å²) in [6.07, 6.45) is 4.16. The zero-order valence-electron chi connectivity index (χ0n) is 18.2. The Labute approximate surface area is 177 Å². The molecular weight excluding hydrogens is 380 g/mol. The molecule has 2 aliphatic rings. The van der Waals surface area contributed by atoms with Gasteiger partial charge in [-0.25, -0.2) is 10.1 Å². The lowest BCUT2D eigenvalue weighted by atomic mass is 9.90. The maximum absolute atomic E-state index is 9.93. The van der Waals surface area contributed by atoms with Gasteiger partial charge in [-0.15, -0.1) is 0 Å². The van der Waals surface area contributed by atoms with E-state index in [-0.39, 0.29) is 11.5 Å². The number of phenols is 2. The number of aromatic hydroxyl groups is 2. The lowest BCUT2D eigenvalue weighted by Gasteiger charge is -2.44. The highest BCUT2D eigenvalue weighted by molar-refractivity contribution is 5.82. The van der Waals surface area contributed by atoms with Crippen LogP contribution in [0.4, 0.5) is 11.4 Å². The first-order valence-corrected chi connectivity index (χ1v) is 10.0. The van der Waals surface area contributed by atoms with Gasteiger partial charge in [0, 0.05) is 11.1 Å². The summed E-state index contributed by atoms with van der Waals surface area (Å²) in [5.41, 5.74) is 4.56. The molecule has 2 N–H and O–H groups in total. The largest absolute Gasteiger partial charge is 0.508 e. The molecule has 0 spiro atoms. The van der Waals surface area contributed by atoms with Crippen LogP contribution >= 0.6 is 0 Å². The molecule has 2 heterocycles. The molecule has 0 fully saturated rings. The molecule has 6 nitrogen and oxygen atoms in total. The smallest absolute Gasteiger partial charge is 0.116 e. The molecule has 0 bridgehead atoms. The van der Waals surface area contributed by atoms with Gasteiger partial charge in [-0.1, -0.05) is 22.1 Å². The van der Waals surface area contributed by atoms with E-state index in [1.54, 1.807) is 34.4 Å². The molecule has 0 unspecified atom stereocenters. The molecule has 2 aliphatic heterocycles. The number of phenolic OH excluding ortho intramolecular Hbond substituents is 2. The van der Waals surface area contributed by atoms with Crippen molar-refractivity contribution in [3.63, 3.8) is 0 Å². The molecule has 2 aromatic carbocycles. The van der Waals surface area contributed by atoms with Gasteiger partial charge in [-0.2, -0.15) is 0 Å². The molecule has 0 radical (unpaired) electrons. The first-order chi connectivity index (χ1) is 14.0. The van der Waals surface area contributed by atoms with E-state index in [0.29, 0.717) is 0 Å². The predicted molar refractivity (Wildman–Crippen MR) is 119 cm³/mol. The summed E-state index contributed by atoms with van der Waals surface area (Å²) >= 11 is 0. The van der Waals surface area contributed by atoms with Crippen LogP contribution in [0.1, 0.15) is 52.7 Å². The van der Waals surface area contributed by atoms with E-state index < -0.39 is 11.1 Å². The standard InChI is InChI=1S/C24H28N2O4/c1-15-13-23(3,4)25(21-9-7-17(27)11-19(15)21)29-30-26-22-10-8-18(28)12-20(22)16(2)14-24(26,5)6/h7-14,27-28H,1-6H3. The van der Waals surface area contributed by atoms with Crippen LogP contribution in [0.5, 0.6) is 11.5 Å². The number of allylic oxidation sites excluding steroid dienone is 2. The molecule has 0 aromatic heterocycles. The quantitative estimate of drug-likeness (QED) is 0.511. The van der Waals surface area contributed by atoms with E-state index in [1.165, 1.54) is 0 Å². The fourth-order valence-corrected chi connectivity index (χ4v) is 4.33. The summed E-state index contributed by atoms with van der Waals surface area (Å²) in [7, 11) is 0. The van der Waals surface area contributed by atoms with Gasteiger partial charge in [0.2, 0.25) is 0 Å². The van der Waals surface area contributed by atoms with Crippen LogP contribution in [-0.4, -0.2) is 21.3 Å². The molecule has 6 heteroatoms. The Morgan fingerprint density at radius 2 is 1.03 bits per heavy atom. The summed E-state index contributed by atoms with van der Waals surface area (Å²) in [6, 6.07) is 10.4. The average molecular weight is 408 g/mol. The zero-order valence-corrected chi connectivity index (χ0v) is 18.2. The van der Waals surface area contributed by atoms with Crippen molar-refractivity contribution >= 4 is 22.5 Å². The summed E-state index contributed by atoms with van der Waals surface area (Å²) in [6.45, 7) is 12.2. The molecule has 4 rings (SSSR count). The first kappa shape index (κ1) is 20.3. The van der Waals surface area contributed by atoms with Gasteiger partial charge in [0.1, 0.15) is 11.5 Å². The number of hydrogen-bond acceptors (Lipinski definition) is 6. The van der Waals surface area contributed by atoms with Crippen LogP contribution in [0.25, 0.3) is 11.1 Å². The van der Waals surface area contributed by atoms with E-state index in [1.807, 2.05) is 53.7 Å². The molecule has 30 heavy (non-hydrogen) atoms. The van der Waals surface area contributed by atoms with Crippen molar-refractivity contribution in [3.05, 3.63) is 59.7 Å². The van der Waals surface area contributed by atoms with Crippen molar-refractivity contribution in [2.45, 2.75) is 52.6 Å². The van der Waals surface area contributed by atoms with Crippen molar-refractivity contribution < 1.29 is 20.2 Å². The fourth-order valence-electron chi connectivity index (χ4n) is 4.33. The molecule has 0 atom stereocenters. The monoisotopic (exact) mass is 408 g/mol. The number of hydroxylamine groups is 2. The van der Waals surface area contributed by atoms with Crippen molar-refractivity contribution in [2.24, 2.45) is 0 Å². The van der Waals surface area contributed by atoms with Gasteiger partial charge in [0.25, 0.3) is 0 Å². The average Bonchev–Trinajstić information content (AvgIpc) is 2.63. The lowest BCUT2D eigenvalue weighted by Crippen LogP contribution is -2.50. The highest BCUT2D eigenvalue weighted by atomic mass is 17.3. The van der Waals surface area contributed by atoms with E-state index in [2.05, 4.69) is 12.2 Å². The Bertz CT molecular complexity index is 983. The van der Waals surface area contributed by atoms with Crippen LogP contribution in [0, 0.1) is 0 Å². The van der Waals surface area contributed by atoms with Gasteiger partial charge >= 0.3 is 0 Å². The normalized spacial score (nSPS) is 19.0. The second kappa shape index (κ2) is 6.79. The number of anilines is 2. The summed E-state index contributed by atoms with van der Waals surface area (Å²) in [4.78, 5) is 11.9. The zero-order chi connectivity index (χ0) is 21.8. The van der Waals surface area contributed by atoms with Crippen LogP contribution in [-0.2, 0) is 9.98 Å². The van der Waals surface area contributed by atoms with Crippen molar-refractivity contribution in [1.29, 1.82) is 0 Å². The molecule has 0 amide bonds. The van der Waals surface area contributed by atoms with Gasteiger partial charge < -0.3 is 10.2 Å². The van der Waals surface area contributed by atoms with Crippen LogP contribution in [0.2, 0.25) is 0 Å². The first-order valence-electron chi connectivity index (χ1n) is 10.0. The second-order valence-electron chi connectivity index (χ2n) is 9.10. The number of benzene rings is 2. The maximum atomic E-state index is 9.93. The Morgan fingerprint density at radius 1 is 0.667 bits per heavy atom.